The van der Waals surface area contributed by atoms with Gasteiger partial charge in [-0.15, -0.1) is 11.6 Å². The maximum atomic E-state index is 6.32. The molecular weight excluding hydrogens is 260 g/mol. The van der Waals surface area contributed by atoms with Crippen molar-refractivity contribution in [2.45, 2.75) is 38.0 Å². The molecule has 2 heterocycles. The topological polar surface area (TPSA) is 42.2 Å². The lowest BCUT2D eigenvalue weighted by Gasteiger charge is -2.10. The summed E-state index contributed by atoms with van der Waals surface area (Å²) in [5.41, 5.74) is 2.10. The molecule has 2 aromatic heterocycles. The average molecular weight is 279 g/mol. The van der Waals surface area contributed by atoms with E-state index in [2.05, 4.69) is 35.3 Å². The van der Waals surface area contributed by atoms with Crippen molar-refractivity contribution in [2.75, 3.05) is 11.9 Å². The largest absolute Gasteiger partial charge is 0.367 e. The van der Waals surface area contributed by atoms with Crippen LogP contribution in [0.25, 0.3) is 5.52 Å². The van der Waals surface area contributed by atoms with Gasteiger partial charge in [-0.25, -0.2) is 9.50 Å². The number of alkyl halides is 1. The van der Waals surface area contributed by atoms with E-state index < -0.39 is 0 Å². The second-order valence-electron chi connectivity index (χ2n) is 5.56. The molecule has 102 valence electrons. The molecule has 1 saturated carbocycles. The van der Waals surface area contributed by atoms with E-state index in [1.165, 1.54) is 12.8 Å². The van der Waals surface area contributed by atoms with Gasteiger partial charge in [-0.3, -0.25) is 0 Å². The van der Waals surface area contributed by atoms with Gasteiger partial charge in [0.1, 0.15) is 5.52 Å². The van der Waals surface area contributed by atoms with Gasteiger partial charge in [-0.1, -0.05) is 13.8 Å². The van der Waals surface area contributed by atoms with Crippen LogP contribution in [-0.2, 0) is 0 Å². The highest BCUT2D eigenvalue weighted by Gasteiger charge is 2.29. The van der Waals surface area contributed by atoms with E-state index >= 15 is 0 Å². The molecular formula is C14H19ClN4. The van der Waals surface area contributed by atoms with Gasteiger partial charge in [0, 0.05) is 18.9 Å². The minimum atomic E-state index is 0.203. The van der Waals surface area contributed by atoms with Gasteiger partial charge in [0.2, 0.25) is 0 Å². The van der Waals surface area contributed by atoms with Gasteiger partial charge in [0.25, 0.3) is 0 Å². The normalized spacial score (nSPS) is 17.1. The standard InChI is InChI=1S/C14H19ClN4/c1-9(2)12-7-13-14(16-5-6-19(13)18-12)17-8-11(15)10-3-4-10/h5-7,9-11H,3-4,8H2,1-2H3,(H,16,17). The molecule has 2 aromatic rings. The molecule has 0 amide bonds. The highest BCUT2D eigenvalue weighted by Crippen LogP contribution is 2.35. The number of halogens is 1. The first-order valence-corrected chi connectivity index (χ1v) is 7.31. The number of nitrogens with one attached hydrogen (secondary N) is 1. The zero-order valence-electron chi connectivity index (χ0n) is 11.3. The highest BCUT2D eigenvalue weighted by molar-refractivity contribution is 6.21. The van der Waals surface area contributed by atoms with Crippen molar-refractivity contribution >= 4 is 22.9 Å². The van der Waals surface area contributed by atoms with Crippen LogP contribution in [0.3, 0.4) is 0 Å². The number of fused-ring (bicyclic) bond motifs is 1. The quantitative estimate of drug-likeness (QED) is 0.854. The van der Waals surface area contributed by atoms with E-state index in [9.17, 15) is 0 Å². The van der Waals surface area contributed by atoms with Gasteiger partial charge in [-0.05, 0) is 30.7 Å². The summed E-state index contributed by atoms with van der Waals surface area (Å²) in [4.78, 5) is 4.40. The van der Waals surface area contributed by atoms with Crippen molar-refractivity contribution in [3.63, 3.8) is 0 Å². The molecule has 1 aliphatic carbocycles. The third kappa shape index (κ3) is 2.68. The van der Waals surface area contributed by atoms with Crippen LogP contribution < -0.4 is 5.32 Å². The predicted octanol–water partition coefficient (Wildman–Crippen LogP) is 3.28. The minimum Gasteiger partial charge on any atom is -0.367 e. The lowest BCUT2D eigenvalue weighted by atomic mass is 10.1. The third-order valence-corrected chi connectivity index (χ3v) is 4.11. The Morgan fingerprint density at radius 1 is 1.47 bits per heavy atom. The smallest absolute Gasteiger partial charge is 0.152 e. The Labute approximate surface area is 118 Å². The van der Waals surface area contributed by atoms with E-state index in [-0.39, 0.29) is 5.38 Å². The fraction of sp³-hybridized carbons (Fsp3) is 0.571. The Hall–Kier alpha value is -1.29. The van der Waals surface area contributed by atoms with Crippen LogP contribution in [0, 0.1) is 5.92 Å². The second-order valence-corrected chi connectivity index (χ2v) is 6.12. The lowest BCUT2D eigenvalue weighted by Crippen LogP contribution is -2.17. The van der Waals surface area contributed by atoms with Crippen molar-refractivity contribution in [1.29, 1.82) is 0 Å². The maximum Gasteiger partial charge on any atom is 0.152 e. The Kier molecular flexibility index (Phi) is 3.35. The average Bonchev–Trinajstić information content (AvgIpc) is 3.14. The molecule has 19 heavy (non-hydrogen) atoms. The molecule has 0 aromatic carbocycles. The number of rotatable bonds is 5. The molecule has 0 spiro atoms. The molecule has 0 bridgehead atoms. The van der Waals surface area contributed by atoms with Crippen molar-refractivity contribution in [3.05, 3.63) is 24.2 Å². The second kappa shape index (κ2) is 5.00. The molecule has 3 rings (SSSR count). The Bertz CT molecular complexity index is 574. The summed E-state index contributed by atoms with van der Waals surface area (Å²) in [5, 5.41) is 8.11. The number of hydrogen-bond donors (Lipinski definition) is 1. The predicted molar refractivity (Wildman–Crippen MR) is 77.9 cm³/mol. The molecule has 1 aliphatic rings. The Balaban J connectivity index is 1.81. The molecule has 1 atom stereocenters. The highest BCUT2D eigenvalue weighted by atomic mass is 35.5. The fourth-order valence-corrected chi connectivity index (χ4v) is 2.51. The molecule has 1 N–H and O–H groups in total. The molecule has 1 fully saturated rings. The summed E-state index contributed by atoms with van der Waals surface area (Å²) in [6.07, 6.45) is 6.17. The molecule has 1 unspecified atom stereocenters. The summed E-state index contributed by atoms with van der Waals surface area (Å²) in [7, 11) is 0. The number of nitrogens with zero attached hydrogens (tertiary/aromatic N) is 3. The van der Waals surface area contributed by atoms with Gasteiger partial charge >= 0.3 is 0 Å². The van der Waals surface area contributed by atoms with Crippen LogP contribution in [-0.4, -0.2) is 26.5 Å². The van der Waals surface area contributed by atoms with E-state index in [0.29, 0.717) is 11.8 Å². The summed E-state index contributed by atoms with van der Waals surface area (Å²) in [5.74, 6) is 1.97. The van der Waals surface area contributed by atoms with Crippen molar-refractivity contribution in [1.82, 2.24) is 14.6 Å². The van der Waals surface area contributed by atoms with Crippen LogP contribution >= 0.6 is 11.6 Å². The summed E-state index contributed by atoms with van der Waals surface area (Å²) >= 11 is 6.32. The van der Waals surface area contributed by atoms with Crippen LogP contribution in [0.4, 0.5) is 5.82 Å². The Morgan fingerprint density at radius 3 is 2.95 bits per heavy atom. The molecule has 5 heteroatoms. The summed E-state index contributed by atoms with van der Waals surface area (Å²) in [6, 6.07) is 2.10. The monoisotopic (exact) mass is 278 g/mol. The zero-order valence-corrected chi connectivity index (χ0v) is 12.1. The first-order chi connectivity index (χ1) is 9.15. The number of aromatic nitrogens is 3. The van der Waals surface area contributed by atoms with Crippen LogP contribution in [0.2, 0.25) is 0 Å². The lowest BCUT2D eigenvalue weighted by molar-refractivity contribution is 0.767. The SMILES string of the molecule is CC(C)c1cc2c(NCC(Cl)C3CC3)nccn2n1. The molecule has 4 nitrogen and oxygen atoms in total. The summed E-state index contributed by atoms with van der Waals surface area (Å²) < 4.78 is 1.88. The van der Waals surface area contributed by atoms with Crippen molar-refractivity contribution in [2.24, 2.45) is 5.92 Å². The molecule has 0 saturated heterocycles. The number of anilines is 1. The van der Waals surface area contributed by atoms with Gasteiger partial charge < -0.3 is 5.32 Å². The van der Waals surface area contributed by atoms with Crippen LogP contribution in [0.15, 0.2) is 18.5 Å². The molecule has 0 radical (unpaired) electrons. The van der Waals surface area contributed by atoms with Gasteiger partial charge in [0.15, 0.2) is 5.82 Å². The van der Waals surface area contributed by atoms with E-state index in [0.717, 1.165) is 23.6 Å². The summed E-state index contributed by atoms with van der Waals surface area (Å²) in [6.45, 7) is 5.05. The number of hydrogen-bond acceptors (Lipinski definition) is 3. The third-order valence-electron chi connectivity index (χ3n) is 3.60. The maximum absolute atomic E-state index is 6.32. The van der Waals surface area contributed by atoms with Crippen molar-refractivity contribution in [3.8, 4) is 0 Å². The van der Waals surface area contributed by atoms with Crippen LogP contribution in [0.5, 0.6) is 0 Å². The van der Waals surface area contributed by atoms with Crippen LogP contribution in [0.1, 0.15) is 38.3 Å². The zero-order chi connectivity index (χ0) is 13.4. The van der Waals surface area contributed by atoms with E-state index in [1.807, 2.05) is 10.7 Å². The molecule has 0 aliphatic heterocycles. The van der Waals surface area contributed by atoms with Gasteiger partial charge in [-0.2, -0.15) is 5.10 Å². The Morgan fingerprint density at radius 2 is 2.26 bits per heavy atom. The first kappa shape index (κ1) is 12.7. The first-order valence-electron chi connectivity index (χ1n) is 6.87. The minimum absolute atomic E-state index is 0.203. The van der Waals surface area contributed by atoms with Gasteiger partial charge in [0.05, 0.1) is 11.1 Å². The van der Waals surface area contributed by atoms with E-state index in [1.54, 1.807) is 6.20 Å². The fourth-order valence-electron chi connectivity index (χ4n) is 2.18. The van der Waals surface area contributed by atoms with Crippen molar-refractivity contribution < 1.29 is 0 Å². The van der Waals surface area contributed by atoms with E-state index in [4.69, 9.17) is 11.6 Å².